The van der Waals surface area contributed by atoms with Crippen LogP contribution in [0.3, 0.4) is 0 Å². The minimum atomic E-state index is -0.669. The lowest BCUT2D eigenvalue weighted by molar-refractivity contribution is 0.0685. The number of amides is 1. The molecule has 1 aliphatic rings. The highest BCUT2D eigenvalue weighted by Crippen LogP contribution is 2.37. The summed E-state index contributed by atoms with van der Waals surface area (Å²) in [5.74, 6) is -1.21. The van der Waals surface area contributed by atoms with Gasteiger partial charge >= 0.3 is 0 Å². The fourth-order valence-electron chi connectivity index (χ4n) is 3.59. The number of carbonyl (C=O) groups excluding carboxylic acids is 1. The van der Waals surface area contributed by atoms with E-state index in [1.54, 1.807) is 13.2 Å². The fraction of sp³-hybridized carbons (Fsp3) is 0.200. The van der Waals surface area contributed by atoms with E-state index in [4.69, 9.17) is 0 Å². The van der Waals surface area contributed by atoms with Gasteiger partial charge in [-0.2, -0.15) is 5.10 Å². The Morgan fingerprint density at radius 1 is 1.11 bits per heavy atom. The van der Waals surface area contributed by atoms with Crippen molar-refractivity contribution < 1.29 is 9.90 Å². The first-order valence-corrected chi connectivity index (χ1v) is 8.60. The summed E-state index contributed by atoms with van der Waals surface area (Å²) in [6.07, 6.45) is 2.77. The molecule has 136 valence electrons. The van der Waals surface area contributed by atoms with Crippen molar-refractivity contribution in [2.45, 2.75) is 12.0 Å². The van der Waals surface area contributed by atoms with E-state index in [9.17, 15) is 14.7 Å². The van der Waals surface area contributed by atoms with Crippen LogP contribution in [-0.2, 0) is 0 Å². The van der Waals surface area contributed by atoms with E-state index in [0.29, 0.717) is 6.54 Å². The quantitative estimate of drug-likeness (QED) is 0.768. The molecule has 0 aliphatic carbocycles. The predicted molar refractivity (Wildman–Crippen MR) is 98.7 cm³/mol. The van der Waals surface area contributed by atoms with E-state index in [-0.39, 0.29) is 17.7 Å². The Labute approximate surface area is 155 Å². The summed E-state index contributed by atoms with van der Waals surface area (Å²) in [5, 5.41) is 14.4. The third kappa shape index (κ3) is 2.87. The van der Waals surface area contributed by atoms with Gasteiger partial charge in [-0.1, -0.05) is 36.4 Å². The molecule has 3 aromatic rings. The number of fused-ring (bicyclic) bond motifs is 1. The van der Waals surface area contributed by atoms with Gasteiger partial charge in [-0.15, -0.1) is 0 Å². The van der Waals surface area contributed by atoms with Gasteiger partial charge in [-0.05, 0) is 17.7 Å². The Hall–Kier alpha value is -3.48. The van der Waals surface area contributed by atoms with E-state index in [2.05, 4.69) is 10.1 Å². The number of nitrogens with zero attached hydrogens (tertiary/aromatic N) is 4. The molecule has 0 radical (unpaired) electrons. The maximum absolute atomic E-state index is 12.6. The fourth-order valence-corrected chi connectivity index (χ4v) is 3.59. The molecule has 1 amide bonds. The predicted octanol–water partition coefficient (Wildman–Crippen LogP) is 1.80. The monoisotopic (exact) mass is 362 g/mol. The minimum Gasteiger partial charge on any atom is -0.502 e. The van der Waals surface area contributed by atoms with Crippen LogP contribution in [0.5, 0.6) is 5.75 Å². The zero-order valence-corrected chi connectivity index (χ0v) is 14.7. The zero-order chi connectivity index (χ0) is 19.0. The molecule has 2 unspecified atom stereocenters. The Kier molecular flexibility index (Phi) is 4.19. The second-order valence-corrected chi connectivity index (χ2v) is 6.55. The molecule has 0 fully saturated rings. The zero-order valence-electron chi connectivity index (χ0n) is 14.7. The van der Waals surface area contributed by atoms with Gasteiger partial charge in [0.1, 0.15) is 0 Å². The SMILES string of the molecule is CN1CC(C(c2ccccc2)c2ccccn2)n2ncc(=O)c(O)c2C1=O. The number of likely N-dealkylation sites (N-methyl/N-ethyl adjacent to an activating group) is 1. The van der Waals surface area contributed by atoms with Gasteiger partial charge in [-0.3, -0.25) is 19.3 Å². The van der Waals surface area contributed by atoms with Gasteiger partial charge in [-0.25, -0.2) is 0 Å². The molecule has 0 saturated carbocycles. The molecule has 2 atom stereocenters. The first kappa shape index (κ1) is 17.0. The lowest BCUT2D eigenvalue weighted by Gasteiger charge is -2.37. The summed E-state index contributed by atoms with van der Waals surface area (Å²) in [5.41, 5.74) is 1.08. The molecule has 27 heavy (non-hydrogen) atoms. The number of rotatable bonds is 3. The average molecular weight is 362 g/mol. The molecule has 1 aliphatic heterocycles. The summed E-state index contributed by atoms with van der Waals surface area (Å²) in [6.45, 7) is 0.372. The summed E-state index contributed by atoms with van der Waals surface area (Å²) in [7, 11) is 1.65. The second-order valence-electron chi connectivity index (χ2n) is 6.55. The highest BCUT2D eigenvalue weighted by molar-refractivity contribution is 5.95. The minimum absolute atomic E-state index is 0.0851. The van der Waals surface area contributed by atoms with Crippen LogP contribution in [0.1, 0.15) is 33.7 Å². The molecule has 4 rings (SSSR count). The van der Waals surface area contributed by atoms with Gasteiger partial charge in [0, 0.05) is 19.8 Å². The van der Waals surface area contributed by atoms with Gasteiger partial charge in [0.15, 0.2) is 11.4 Å². The van der Waals surface area contributed by atoms with E-state index in [1.807, 2.05) is 48.5 Å². The Balaban J connectivity index is 1.94. The number of hydrogen-bond acceptors (Lipinski definition) is 5. The van der Waals surface area contributed by atoms with Crippen LogP contribution in [0.4, 0.5) is 0 Å². The summed E-state index contributed by atoms with van der Waals surface area (Å²) in [6, 6.07) is 15.2. The molecular weight excluding hydrogens is 344 g/mol. The van der Waals surface area contributed by atoms with Crippen LogP contribution < -0.4 is 5.43 Å². The summed E-state index contributed by atoms with van der Waals surface area (Å²) in [4.78, 5) is 30.5. The molecule has 0 bridgehead atoms. The van der Waals surface area contributed by atoms with Crippen LogP contribution in [0.15, 0.2) is 65.7 Å². The van der Waals surface area contributed by atoms with Crippen LogP contribution in [0.2, 0.25) is 0 Å². The largest absolute Gasteiger partial charge is 0.502 e. The molecule has 1 aromatic carbocycles. The maximum Gasteiger partial charge on any atom is 0.275 e. The Morgan fingerprint density at radius 3 is 2.56 bits per heavy atom. The van der Waals surface area contributed by atoms with Crippen molar-refractivity contribution in [2.24, 2.45) is 0 Å². The van der Waals surface area contributed by atoms with Crippen LogP contribution >= 0.6 is 0 Å². The van der Waals surface area contributed by atoms with E-state index < -0.39 is 17.1 Å². The van der Waals surface area contributed by atoms with Crippen molar-refractivity contribution in [2.75, 3.05) is 13.6 Å². The van der Waals surface area contributed by atoms with Crippen molar-refractivity contribution in [3.63, 3.8) is 0 Å². The van der Waals surface area contributed by atoms with Crippen molar-refractivity contribution in [3.05, 3.63) is 88.1 Å². The first-order valence-electron chi connectivity index (χ1n) is 8.60. The van der Waals surface area contributed by atoms with E-state index in [0.717, 1.165) is 17.5 Å². The van der Waals surface area contributed by atoms with Crippen molar-refractivity contribution in [1.82, 2.24) is 19.7 Å². The van der Waals surface area contributed by atoms with E-state index in [1.165, 1.54) is 9.58 Å². The highest BCUT2D eigenvalue weighted by Gasteiger charge is 2.38. The molecule has 7 heteroatoms. The molecule has 7 nitrogen and oxygen atoms in total. The van der Waals surface area contributed by atoms with Gasteiger partial charge < -0.3 is 10.0 Å². The Bertz CT molecular complexity index is 995. The van der Waals surface area contributed by atoms with Gasteiger partial charge in [0.05, 0.1) is 23.9 Å². The molecule has 0 spiro atoms. The van der Waals surface area contributed by atoms with Gasteiger partial charge in [0.25, 0.3) is 5.91 Å². The highest BCUT2D eigenvalue weighted by atomic mass is 16.3. The van der Waals surface area contributed by atoms with Crippen molar-refractivity contribution in [3.8, 4) is 5.75 Å². The number of benzene rings is 1. The van der Waals surface area contributed by atoms with Crippen LogP contribution in [0.25, 0.3) is 0 Å². The number of aromatic nitrogens is 3. The number of hydrogen-bond donors (Lipinski definition) is 1. The first-order chi connectivity index (χ1) is 13.1. The molecule has 2 aromatic heterocycles. The normalized spacial score (nSPS) is 17.4. The smallest absolute Gasteiger partial charge is 0.275 e. The molecule has 3 heterocycles. The molecule has 0 saturated heterocycles. The van der Waals surface area contributed by atoms with E-state index >= 15 is 0 Å². The Morgan fingerprint density at radius 2 is 1.85 bits per heavy atom. The lowest BCUT2D eigenvalue weighted by atomic mass is 9.86. The standard InChI is InChI=1S/C20H18N4O3/c1-23-12-15(24-18(20(23)27)19(26)16(25)11-22-24)17(13-7-3-2-4-8-13)14-9-5-6-10-21-14/h2-11,15,17,26H,12H2,1H3. The van der Waals surface area contributed by atoms with Crippen LogP contribution in [-0.4, -0.2) is 44.3 Å². The average Bonchev–Trinajstić information content (AvgIpc) is 2.70. The number of pyridine rings is 1. The summed E-state index contributed by atoms with van der Waals surface area (Å²) >= 11 is 0. The maximum atomic E-state index is 12.6. The second kappa shape index (κ2) is 6.68. The lowest BCUT2D eigenvalue weighted by Crippen LogP contribution is -2.45. The third-order valence-corrected chi connectivity index (χ3v) is 4.86. The van der Waals surface area contributed by atoms with Gasteiger partial charge in [0.2, 0.25) is 5.43 Å². The molecule has 1 N–H and O–H groups in total. The van der Waals surface area contributed by atoms with Crippen molar-refractivity contribution in [1.29, 1.82) is 0 Å². The summed E-state index contributed by atoms with van der Waals surface area (Å²) < 4.78 is 1.46. The number of aromatic hydroxyl groups is 1. The number of carbonyl (C=O) groups is 1. The third-order valence-electron chi connectivity index (χ3n) is 4.86. The van der Waals surface area contributed by atoms with Crippen LogP contribution in [0, 0.1) is 0 Å². The topological polar surface area (TPSA) is 88.3 Å². The van der Waals surface area contributed by atoms with Crippen molar-refractivity contribution >= 4 is 5.91 Å². The molecular formula is C20H18N4O3.